The van der Waals surface area contributed by atoms with Gasteiger partial charge in [-0.1, -0.05) is 0 Å². The first kappa shape index (κ1) is 17.7. The Kier molecular flexibility index (Phi) is 21.3. The fourth-order valence-electron chi connectivity index (χ4n) is 0.340. The molecule has 0 aromatic carbocycles. The molecule has 0 radical (unpaired) electrons. The van der Waals surface area contributed by atoms with E-state index < -0.39 is 0 Å². The van der Waals surface area contributed by atoms with E-state index in [1.807, 2.05) is 12.2 Å². The average Bonchev–Trinajstić information content (AvgIpc) is 2.11. The van der Waals surface area contributed by atoms with Crippen LogP contribution in [0.3, 0.4) is 0 Å². The SMILES string of the molecule is C[C](C)=[Ti+2].[C-]1=CC=CC1.[Cl-].[Cl-]. The van der Waals surface area contributed by atoms with Gasteiger partial charge in [-0.15, -0.1) is 6.42 Å². The second kappa shape index (κ2) is 13.2. The van der Waals surface area contributed by atoms with Gasteiger partial charge in [0.25, 0.3) is 0 Å². The molecule has 0 saturated carbocycles. The van der Waals surface area contributed by atoms with Crippen molar-refractivity contribution in [2.75, 3.05) is 0 Å². The van der Waals surface area contributed by atoms with Crippen LogP contribution in [0.15, 0.2) is 18.2 Å². The topological polar surface area (TPSA) is 0 Å². The minimum absolute atomic E-state index is 0. The minimum Gasteiger partial charge on any atom is -1.00 e. The standard InChI is InChI=1S/C5H5.C3H6.2ClH.Ti/c1-2-4-5-3-1;1-3-2;;;/h1-3H,4H2;1-2H3;2*1H;/q-1;;;;+2/p-2. The molecule has 0 unspecified atom stereocenters. The van der Waals surface area contributed by atoms with Crippen molar-refractivity contribution >= 4 is 3.81 Å². The Labute approximate surface area is 92.9 Å². The van der Waals surface area contributed by atoms with Crippen molar-refractivity contribution < 1.29 is 44.8 Å². The number of halogens is 2. The van der Waals surface area contributed by atoms with Gasteiger partial charge in [0.1, 0.15) is 0 Å². The quantitative estimate of drug-likeness (QED) is 0.292. The molecule has 0 aliphatic heterocycles. The molecule has 0 saturated heterocycles. The minimum atomic E-state index is 0. The molecular weight excluding hydrogens is 215 g/mol. The molecule has 0 N–H and O–H groups in total. The Morgan fingerprint density at radius 3 is 1.91 bits per heavy atom. The Balaban J connectivity index is -0.000000101. The fraction of sp³-hybridized carbons (Fsp3) is 0.375. The summed E-state index contributed by atoms with van der Waals surface area (Å²) in [6.45, 7) is 4.17. The van der Waals surface area contributed by atoms with Crippen LogP contribution < -0.4 is 24.8 Å². The van der Waals surface area contributed by atoms with E-state index in [2.05, 4.69) is 46.0 Å². The molecule has 0 nitrogen and oxygen atoms in total. The fourth-order valence-corrected chi connectivity index (χ4v) is 0.340. The first-order chi connectivity index (χ1) is 4.23. The van der Waals surface area contributed by atoms with Crippen molar-refractivity contribution in [1.82, 2.24) is 0 Å². The molecule has 0 fully saturated rings. The molecule has 1 aliphatic carbocycles. The van der Waals surface area contributed by atoms with Gasteiger partial charge in [-0.05, 0) is 0 Å². The zero-order chi connectivity index (χ0) is 7.11. The number of hydrogen-bond donors (Lipinski definition) is 0. The first-order valence-electron chi connectivity index (χ1n) is 2.97. The molecule has 0 heterocycles. The van der Waals surface area contributed by atoms with Gasteiger partial charge in [0.2, 0.25) is 0 Å². The maximum Gasteiger partial charge on any atom is -0.109 e. The van der Waals surface area contributed by atoms with E-state index in [9.17, 15) is 0 Å². The molecule has 0 amide bonds. The van der Waals surface area contributed by atoms with Crippen LogP contribution in [0.5, 0.6) is 0 Å². The summed E-state index contributed by atoms with van der Waals surface area (Å²) in [5.41, 5.74) is 0. The van der Waals surface area contributed by atoms with Crippen LogP contribution in [-0.4, -0.2) is 3.81 Å². The van der Waals surface area contributed by atoms with Crippen LogP contribution in [0.4, 0.5) is 0 Å². The van der Waals surface area contributed by atoms with Crippen molar-refractivity contribution in [3.05, 3.63) is 24.3 Å². The van der Waals surface area contributed by atoms with E-state index in [0.717, 1.165) is 6.42 Å². The average molecular weight is 226 g/mol. The smallest absolute Gasteiger partial charge is 0.109 e. The van der Waals surface area contributed by atoms with Crippen LogP contribution in [0, 0.1) is 6.08 Å². The summed E-state index contributed by atoms with van der Waals surface area (Å²) in [5.74, 6) is 0. The largest absolute Gasteiger partial charge is 1.00 e. The molecule has 1 rings (SSSR count). The molecule has 0 atom stereocenters. The van der Waals surface area contributed by atoms with E-state index in [1.165, 1.54) is 3.81 Å². The van der Waals surface area contributed by atoms with Crippen LogP contribution >= 0.6 is 0 Å². The van der Waals surface area contributed by atoms with E-state index >= 15 is 0 Å². The summed E-state index contributed by atoms with van der Waals surface area (Å²) in [5, 5.41) is 0. The normalized spacial score (nSPS) is 10.5. The van der Waals surface area contributed by atoms with Crippen LogP contribution in [0.1, 0.15) is 20.3 Å². The van der Waals surface area contributed by atoms with Crippen LogP contribution in [-0.2, 0) is 20.0 Å². The molecule has 62 valence electrons. The summed E-state index contributed by atoms with van der Waals surface area (Å²) < 4.78 is 1.42. The van der Waals surface area contributed by atoms with E-state index in [4.69, 9.17) is 0 Å². The van der Waals surface area contributed by atoms with E-state index in [0.29, 0.717) is 0 Å². The Bertz CT molecular complexity index is 125. The number of allylic oxidation sites excluding steroid dienone is 4. The molecule has 3 heteroatoms. The van der Waals surface area contributed by atoms with Crippen molar-refractivity contribution in [3.8, 4) is 0 Å². The molecule has 0 aromatic heterocycles. The van der Waals surface area contributed by atoms with Crippen molar-refractivity contribution in [3.63, 3.8) is 0 Å². The van der Waals surface area contributed by atoms with Gasteiger partial charge < -0.3 is 24.8 Å². The van der Waals surface area contributed by atoms with Gasteiger partial charge in [0.15, 0.2) is 0 Å². The van der Waals surface area contributed by atoms with Crippen LogP contribution in [0.25, 0.3) is 0 Å². The van der Waals surface area contributed by atoms with Crippen LogP contribution in [0.2, 0.25) is 0 Å². The van der Waals surface area contributed by atoms with Gasteiger partial charge in [-0.3, -0.25) is 6.08 Å². The van der Waals surface area contributed by atoms with E-state index in [1.54, 1.807) is 0 Å². The predicted octanol–water partition coefficient (Wildman–Crippen LogP) is -3.94. The first-order valence-corrected chi connectivity index (χ1v) is 3.75. The predicted molar refractivity (Wildman–Crippen MR) is 37.9 cm³/mol. The number of rotatable bonds is 0. The molecule has 0 bridgehead atoms. The maximum atomic E-state index is 2.99. The Morgan fingerprint density at radius 2 is 1.82 bits per heavy atom. The summed E-state index contributed by atoms with van der Waals surface area (Å²) in [6.07, 6.45) is 10.0. The zero-order valence-electron chi connectivity index (χ0n) is 6.70. The van der Waals surface area contributed by atoms with E-state index in [-0.39, 0.29) is 24.8 Å². The van der Waals surface area contributed by atoms with Gasteiger partial charge in [0.05, 0.1) is 0 Å². The number of hydrogen-bond acceptors (Lipinski definition) is 0. The monoisotopic (exact) mass is 225 g/mol. The zero-order valence-corrected chi connectivity index (χ0v) is 9.77. The van der Waals surface area contributed by atoms with Crippen molar-refractivity contribution in [1.29, 1.82) is 0 Å². The molecular formula is C8H11Cl2Ti-. The second-order valence-electron chi connectivity index (χ2n) is 2.00. The van der Waals surface area contributed by atoms with Gasteiger partial charge >= 0.3 is 37.6 Å². The molecule has 11 heavy (non-hydrogen) atoms. The third kappa shape index (κ3) is 25.0. The third-order valence-electron chi connectivity index (χ3n) is 0.586. The second-order valence-corrected chi connectivity index (χ2v) is 3.56. The summed E-state index contributed by atoms with van der Waals surface area (Å²) >= 11 is 2.08. The third-order valence-corrected chi connectivity index (χ3v) is 0.586. The van der Waals surface area contributed by atoms with Crippen molar-refractivity contribution in [2.24, 2.45) is 0 Å². The van der Waals surface area contributed by atoms with Gasteiger partial charge in [-0.25, -0.2) is 12.2 Å². The molecule has 0 aromatic rings. The summed E-state index contributed by atoms with van der Waals surface area (Å²) in [6, 6.07) is 0. The summed E-state index contributed by atoms with van der Waals surface area (Å²) in [7, 11) is 0. The van der Waals surface area contributed by atoms with Gasteiger partial charge in [-0.2, -0.15) is 6.08 Å². The van der Waals surface area contributed by atoms with Crippen molar-refractivity contribution in [2.45, 2.75) is 20.3 Å². The maximum absolute atomic E-state index is 2.99. The molecule has 0 spiro atoms. The summed E-state index contributed by atoms with van der Waals surface area (Å²) in [4.78, 5) is 0. The molecule has 1 aliphatic rings. The van der Waals surface area contributed by atoms with Gasteiger partial charge in [0, 0.05) is 0 Å². The Morgan fingerprint density at radius 1 is 1.36 bits per heavy atom. The Hall–Kier alpha value is 0.644.